The highest BCUT2D eigenvalue weighted by molar-refractivity contribution is 6.01. The fourth-order valence-corrected chi connectivity index (χ4v) is 6.91. The van der Waals surface area contributed by atoms with Gasteiger partial charge in [0.25, 0.3) is 0 Å². The van der Waals surface area contributed by atoms with Gasteiger partial charge in [0.2, 0.25) is 5.78 Å². The summed E-state index contributed by atoms with van der Waals surface area (Å²) in [5, 5.41) is 20.9. The summed E-state index contributed by atoms with van der Waals surface area (Å²) in [6, 6.07) is 0. The van der Waals surface area contributed by atoms with Crippen molar-refractivity contribution >= 4 is 5.78 Å². The maximum Gasteiger partial charge on any atom is 0.206 e. The van der Waals surface area contributed by atoms with E-state index in [1.807, 2.05) is 19.9 Å². The van der Waals surface area contributed by atoms with Gasteiger partial charge in [-0.05, 0) is 75.2 Å². The maximum absolute atomic E-state index is 12.5. The van der Waals surface area contributed by atoms with Crippen LogP contribution in [0.25, 0.3) is 0 Å². The first-order valence-corrected chi connectivity index (χ1v) is 9.48. The minimum absolute atomic E-state index is 0.0502. The number of Topliss-reactive ketones (excluding diaryl/α,β-unsaturated/α-hetero) is 1. The van der Waals surface area contributed by atoms with E-state index in [4.69, 9.17) is 0 Å². The van der Waals surface area contributed by atoms with E-state index in [0.29, 0.717) is 17.8 Å². The quantitative estimate of drug-likeness (QED) is 0.655. The molecule has 0 aliphatic heterocycles. The van der Waals surface area contributed by atoms with Crippen molar-refractivity contribution in [1.29, 1.82) is 0 Å². The highest BCUT2D eigenvalue weighted by Crippen LogP contribution is 2.65. The smallest absolute Gasteiger partial charge is 0.206 e. The summed E-state index contributed by atoms with van der Waals surface area (Å²) in [5.41, 5.74) is 0.392. The van der Waals surface area contributed by atoms with Crippen LogP contribution >= 0.6 is 0 Å². The molecule has 0 bridgehead atoms. The van der Waals surface area contributed by atoms with Crippen molar-refractivity contribution in [1.82, 2.24) is 0 Å². The Morgan fingerprint density at radius 2 is 1.79 bits per heavy atom. The maximum atomic E-state index is 12.5. The topological polar surface area (TPSA) is 57.5 Å². The molecule has 0 aromatic carbocycles. The first kappa shape index (κ1) is 16.4. The standard InChI is InChI=1S/C21H30O3/c1-19(2)16-7-5-12-13-6-8-17(23)20(13,3)10-9-14(12)21(16,4)11-15(22)18(19)24/h7,11-14,17,22-23H,5-6,8-10H2,1-4H3. The molecule has 132 valence electrons. The van der Waals surface area contributed by atoms with Gasteiger partial charge in [0.15, 0.2) is 5.76 Å². The number of aliphatic hydroxyl groups is 2. The first-order chi connectivity index (χ1) is 11.1. The fourth-order valence-electron chi connectivity index (χ4n) is 6.91. The van der Waals surface area contributed by atoms with Crippen molar-refractivity contribution in [2.75, 3.05) is 0 Å². The predicted octanol–water partition coefficient (Wildman–Crippen LogP) is 4.18. The Labute approximate surface area is 144 Å². The van der Waals surface area contributed by atoms with Gasteiger partial charge in [0.05, 0.1) is 11.5 Å². The van der Waals surface area contributed by atoms with E-state index in [2.05, 4.69) is 19.9 Å². The Bertz CT molecular complexity index is 658. The van der Waals surface area contributed by atoms with Crippen molar-refractivity contribution in [3.63, 3.8) is 0 Å². The molecule has 0 radical (unpaired) electrons. The molecular formula is C21H30O3. The molecule has 0 amide bonds. The Balaban J connectivity index is 1.80. The average Bonchev–Trinajstić information content (AvgIpc) is 2.81. The monoisotopic (exact) mass is 330 g/mol. The lowest BCUT2D eigenvalue weighted by Crippen LogP contribution is -2.53. The molecular weight excluding hydrogens is 300 g/mol. The van der Waals surface area contributed by atoms with Crippen molar-refractivity contribution in [3.8, 4) is 0 Å². The van der Waals surface area contributed by atoms with Crippen LogP contribution in [0.1, 0.15) is 59.8 Å². The molecule has 2 N–H and O–H groups in total. The van der Waals surface area contributed by atoms with Gasteiger partial charge in [0, 0.05) is 5.41 Å². The minimum atomic E-state index is -0.617. The number of aliphatic hydroxyl groups excluding tert-OH is 2. The lowest BCUT2D eigenvalue weighted by Gasteiger charge is -2.58. The third-order valence-electron chi connectivity index (χ3n) is 8.24. The van der Waals surface area contributed by atoms with Crippen LogP contribution in [0, 0.1) is 34.0 Å². The molecule has 6 atom stereocenters. The molecule has 0 aromatic heterocycles. The number of hydrogen-bond donors (Lipinski definition) is 2. The Morgan fingerprint density at radius 3 is 2.50 bits per heavy atom. The number of carbonyl (C=O) groups excluding carboxylic acids is 1. The van der Waals surface area contributed by atoms with E-state index >= 15 is 0 Å². The minimum Gasteiger partial charge on any atom is -0.505 e. The Hall–Kier alpha value is -1.09. The van der Waals surface area contributed by atoms with Crippen LogP contribution in [0.15, 0.2) is 23.5 Å². The zero-order valence-corrected chi connectivity index (χ0v) is 15.3. The van der Waals surface area contributed by atoms with Gasteiger partial charge in [-0.2, -0.15) is 0 Å². The third-order valence-corrected chi connectivity index (χ3v) is 8.24. The van der Waals surface area contributed by atoms with Crippen molar-refractivity contribution < 1.29 is 15.0 Å². The Morgan fingerprint density at radius 1 is 1.08 bits per heavy atom. The summed E-state index contributed by atoms with van der Waals surface area (Å²) < 4.78 is 0. The highest BCUT2D eigenvalue weighted by atomic mass is 16.3. The first-order valence-electron chi connectivity index (χ1n) is 9.48. The molecule has 3 heteroatoms. The van der Waals surface area contributed by atoms with E-state index in [1.54, 1.807) is 0 Å². The van der Waals surface area contributed by atoms with Gasteiger partial charge in [0.1, 0.15) is 0 Å². The van der Waals surface area contributed by atoms with Gasteiger partial charge in [-0.25, -0.2) is 0 Å². The summed E-state index contributed by atoms with van der Waals surface area (Å²) >= 11 is 0. The molecule has 24 heavy (non-hydrogen) atoms. The molecule has 6 unspecified atom stereocenters. The molecule has 4 aliphatic rings. The molecule has 0 saturated heterocycles. The second kappa shape index (κ2) is 4.75. The summed E-state index contributed by atoms with van der Waals surface area (Å²) in [4.78, 5) is 12.5. The van der Waals surface area contributed by atoms with E-state index in [0.717, 1.165) is 32.1 Å². The van der Waals surface area contributed by atoms with Crippen molar-refractivity contribution in [3.05, 3.63) is 23.5 Å². The molecule has 3 nitrogen and oxygen atoms in total. The highest BCUT2D eigenvalue weighted by Gasteiger charge is 2.60. The second-order valence-corrected chi connectivity index (χ2v) is 9.63. The van der Waals surface area contributed by atoms with Crippen molar-refractivity contribution in [2.24, 2.45) is 34.0 Å². The number of carbonyl (C=O) groups is 1. The van der Waals surface area contributed by atoms with Crippen LogP contribution in [0.3, 0.4) is 0 Å². The molecule has 4 aliphatic carbocycles. The zero-order chi connectivity index (χ0) is 17.5. The van der Waals surface area contributed by atoms with Gasteiger partial charge in [-0.3, -0.25) is 4.79 Å². The number of ketones is 1. The van der Waals surface area contributed by atoms with Gasteiger partial charge >= 0.3 is 0 Å². The van der Waals surface area contributed by atoms with Crippen LogP contribution in [-0.2, 0) is 4.79 Å². The number of allylic oxidation sites excluding steroid dienone is 4. The Kier molecular flexibility index (Phi) is 3.24. The zero-order valence-electron chi connectivity index (χ0n) is 15.3. The molecule has 4 rings (SSSR count). The van der Waals surface area contributed by atoms with E-state index in [1.165, 1.54) is 5.57 Å². The lowest BCUT2D eigenvalue weighted by molar-refractivity contribution is -0.127. The number of rotatable bonds is 0. The third kappa shape index (κ3) is 1.80. The van der Waals surface area contributed by atoms with Gasteiger partial charge < -0.3 is 10.2 Å². The summed E-state index contributed by atoms with van der Waals surface area (Å²) in [7, 11) is 0. The molecule has 0 heterocycles. The summed E-state index contributed by atoms with van der Waals surface area (Å²) in [5.74, 6) is 1.34. The summed E-state index contributed by atoms with van der Waals surface area (Å²) in [6.07, 6.45) is 9.11. The average molecular weight is 330 g/mol. The van der Waals surface area contributed by atoms with Crippen LogP contribution in [0.5, 0.6) is 0 Å². The van der Waals surface area contributed by atoms with Gasteiger partial charge in [-0.1, -0.05) is 25.5 Å². The number of fused-ring (bicyclic) bond motifs is 5. The van der Waals surface area contributed by atoms with Crippen LogP contribution in [-0.4, -0.2) is 22.1 Å². The predicted molar refractivity (Wildman–Crippen MR) is 93.4 cm³/mol. The number of hydrogen-bond acceptors (Lipinski definition) is 3. The molecule has 2 saturated carbocycles. The molecule has 0 aromatic rings. The van der Waals surface area contributed by atoms with Crippen LogP contribution < -0.4 is 0 Å². The van der Waals surface area contributed by atoms with E-state index < -0.39 is 5.41 Å². The van der Waals surface area contributed by atoms with E-state index in [9.17, 15) is 15.0 Å². The second-order valence-electron chi connectivity index (χ2n) is 9.63. The normalized spacial score (nSPS) is 49.6. The van der Waals surface area contributed by atoms with Crippen molar-refractivity contribution in [2.45, 2.75) is 65.9 Å². The lowest BCUT2D eigenvalue weighted by atomic mass is 9.46. The van der Waals surface area contributed by atoms with Crippen LogP contribution in [0.4, 0.5) is 0 Å². The summed E-state index contributed by atoms with van der Waals surface area (Å²) in [6.45, 7) is 8.40. The van der Waals surface area contributed by atoms with Crippen LogP contribution in [0.2, 0.25) is 0 Å². The molecule has 0 spiro atoms. The largest absolute Gasteiger partial charge is 0.505 e. The molecule has 2 fully saturated rings. The SMILES string of the molecule is CC1(C)C(=O)C(O)=CC2(C)C1=CCC1C2CCC2(C)C(O)CCC12. The van der Waals surface area contributed by atoms with E-state index in [-0.39, 0.29) is 28.5 Å². The fraction of sp³-hybridized carbons (Fsp3) is 0.762. The van der Waals surface area contributed by atoms with Gasteiger partial charge in [-0.15, -0.1) is 0 Å².